The molecule has 0 aliphatic carbocycles. The Kier molecular flexibility index (Phi) is 7.87. The zero-order valence-electron chi connectivity index (χ0n) is 21.6. The molecule has 0 radical (unpaired) electrons. The first-order valence-electron chi connectivity index (χ1n) is 12.4. The SMILES string of the molecule is CCOC(=N)C(=C(C)C)c1cnc2cc1O[C@@H](C)CCOc1c(CC)cncc1C1=NCC=C(N1)N2. The molecular weight excluding hydrogens is 456 g/mol. The zero-order chi connectivity index (χ0) is 25.7. The number of ether oxygens (including phenoxy) is 3. The number of fused-ring (bicyclic) bond motifs is 6. The number of allylic oxidation sites excluding steroid dienone is 1. The van der Waals surface area contributed by atoms with Crippen molar-refractivity contribution >= 4 is 23.1 Å². The summed E-state index contributed by atoms with van der Waals surface area (Å²) in [7, 11) is 0. The third-order valence-corrected chi connectivity index (χ3v) is 5.92. The number of nitrogens with zero attached hydrogens (tertiary/aromatic N) is 3. The predicted molar refractivity (Wildman–Crippen MR) is 142 cm³/mol. The molecule has 2 aliphatic rings. The summed E-state index contributed by atoms with van der Waals surface area (Å²) in [5, 5.41) is 15.2. The van der Waals surface area contributed by atoms with Gasteiger partial charge in [0.2, 0.25) is 5.90 Å². The van der Waals surface area contributed by atoms with Crippen molar-refractivity contribution in [1.29, 1.82) is 5.41 Å². The average Bonchev–Trinajstić information content (AvgIpc) is 2.85. The minimum absolute atomic E-state index is 0.102. The summed E-state index contributed by atoms with van der Waals surface area (Å²) >= 11 is 0. The highest BCUT2D eigenvalue weighted by Crippen LogP contribution is 2.33. The Hall–Kier alpha value is -3.88. The Morgan fingerprint density at radius 3 is 2.78 bits per heavy atom. The topological polar surface area (TPSA) is 114 Å². The van der Waals surface area contributed by atoms with Crippen molar-refractivity contribution in [3.63, 3.8) is 0 Å². The molecule has 2 aromatic rings. The van der Waals surface area contributed by atoms with Gasteiger partial charge in [-0.2, -0.15) is 0 Å². The lowest BCUT2D eigenvalue weighted by Gasteiger charge is -2.24. The molecule has 2 aliphatic heterocycles. The molecule has 0 saturated carbocycles. The molecule has 4 bridgehead atoms. The molecule has 9 nitrogen and oxygen atoms in total. The number of aliphatic imine (C=N–C) groups is 1. The van der Waals surface area contributed by atoms with Crippen molar-refractivity contribution in [2.75, 3.05) is 25.1 Å². The van der Waals surface area contributed by atoms with Gasteiger partial charge >= 0.3 is 0 Å². The van der Waals surface area contributed by atoms with Gasteiger partial charge < -0.3 is 24.8 Å². The summed E-state index contributed by atoms with van der Waals surface area (Å²) in [4.78, 5) is 13.7. The first-order chi connectivity index (χ1) is 17.4. The molecule has 0 fully saturated rings. The van der Waals surface area contributed by atoms with E-state index in [9.17, 15) is 0 Å². The van der Waals surface area contributed by atoms with Gasteiger partial charge in [-0.05, 0) is 40.2 Å². The van der Waals surface area contributed by atoms with E-state index in [2.05, 4.69) is 32.5 Å². The quantitative estimate of drug-likeness (QED) is 0.420. The summed E-state index contributed by atoms with van der Waals surface area (Å²) in [6.07, 6.45) is 8.63. The third kappa shape index (κ3) is 5.50. The molecular formula is C27H34N6O3. The van der Waals surface area contributed by atoms with E-state index in [1.165, 1.54) is 0 Å². The number of aryl methyl sites for hydroxylation is 1. The van der Waals surface area contributed by atoms with Crippen LogP contribution >= 0.6 is 0 Å². The Bertz CT molecular complexity index is 1230. The van der Waals surface area contributed by atoms with Crippen molar-refractivity contribution in [2.24, 2.45) is 4.99 Å². The molecule has 4 rings (SSSR count). The highest BCUT2D eigenvalue weighted by atomic mass is 16.5. The number of amidine groups is 1. The number of anilines is 1. The number of pyridine rings is 2. The fraction of sp³-hybridized carbons (Fsp3) is 0.407. The maximum Gasteiger partial charge on any atom is 0.213 e. The van der Waals surface area contributed by atoms with E-state index in [0.29, 0.717) is 49.2 Å². The minimum Gasteiger partial charge on any atom is -0.492 e. The minimum atomic E-state index is -0.147. The van der Waals surface area contributed by atoms with Gasteiger partial charge in [0.25, 0.3) is 0 Å². The number of rotatable bonds is 4. The fourth-order valence-electron chi connectivity index (χ4n) is 4.13. The highest BCUT2D eigenvalue weighted by molar-refractivity contribution is 6.19. The van der Waals surface area contributed by atoms with E-state index in [-0.39, 0.29) is 12.0 Å². The predicted octanol–water partition coefficient (Wildman–Crippen LogP) is 4.70. The fourth-order valence-corrected chi connectivity index (χ4v) is 4.13. The lowest BCUT2D eigenvalue weighted by atomic mass is 10.0. The van der Waals surface area contributed by atoms with Crippen molar-refractivity contribution < 1.29 is 14.2 Å². The van der Waals surface area contributed by atoms with Gasteiger partial charge in [-0.3, -0.25) is 15.4 Å². The number of hydrogen-bond acceptors (Lipinski definition) is 9. The van der Waals surface area contributed by atoms with E-state index in [1.807, 2.05) is 46.0 Å². The summed E-state index contributed by atoms with van der Waals surface area (Å²) in [5.74, 6) is 3.60. The van der Waals surface area contributed by atoms with Crippen LogP contribution < -0.4 is 20.1 Å². The molecule has 0 aromatic carbocycles. The van der Waals surface area contributed by atoms with Crippen LogP contribution in [0.3, 0.4) is 0 Å². The van der Waals surface area contributed by atoms with Gasteiger partial charge in [0.1, 0.15) is 29.0 Å². The van der Waals surface area contributed by atoms with Crippen LogP contribution in [0.15, 0.2) is 47.1 Å². The van der Waals surface area contributed by atoms with Crippen molar-refractivity contribution in [3.05, 3.63) is 58.8 Å². The number of hydrogen-bond donors (Lipinski definition) is 3. The normalized spacial score (nSPS) is 16.9. The molecule has 1 atom stereocenters. The molecule has 190 valence electrons. The molecule has 36 heavy (non-hydrogen) atoms. The van der Waals surface area contributed by atoms with E-state index in [0.717, 1.165) is 40.3 Å². The Morgan fingerprint density at radius 2 is 2.03 bits per heavy atom. The van der Waals surface area contributed by atoms with Gasteiger partial charge in [0.15, 0.2) is 0 Å². The largest absolute Gasteiger partial charge is 0.492 e. The zero-order valence-corrected chi connectivity index (χ0v) is 21.6. The maximum absolute atomic E-state index is 8.46. The first kappa shape index (κ1) is 25.2. The van der Waals surface area contributed by atoms with Crippen LogP contribution in [0.25, 0.3) is 5.57 Å². The summed E-state index contributed by atoms with van der Waals surface area (Å²) in [6.45, 7) is 11.3. The second-order valence-corrected chi connectivity index (χ2v) is 8.85. The summed E-state index contributed by atoms with van der Waals surface area (Å²) in [5.41, 5.74) is 4.20. The van der Waals surface area contributed by atoms with Crippen LogP contribution in [0, 0.1) is 5.41 Å². The molecule has 3 N–H and O–H groups in total. The van der Waals surface area contributed by atoms with Crippen LogP contribution in [-0.2, 0) is 11.2 Å². The Morgan fingerprint density at radius 1 is 1.19 bits per heavy atom. The lowest BCUT2D eigenvalue weighted by Crippen LogP contribution is -2.32. The van der Waals surface area contributed by atoms with Crippen LogP contribution in [0.2, 0.25) is 0 Å². The lowest BCUT2D eigenvalue weighted by molar-refractivity contribution is 0.176. The summed E-state index contributed by atoms with van der Waals surface area (Å²) in [6, 6.07) is 1.86. The van der Waals surface area contributed by atoms with Gasteiger partial charge in [0.05, 0.1) is 31.4 Å². The average molecular weight is 491 g/mol. The molecule has 2 aromatic heterocycles. The van der Waals surface area contributed by atoms with E-state index in [1.54, 1.807) is 12.4 Å². The summed E-state index contributed by atoms with van der Waals surface area (Å²) < 4.78 is 18.3. The van der Waals surface area contributed by atoms with Gasteiger partial charge in [0, 0.05) is 47.8 Å². The smallest absolute Gasteiger partial charge is 0.213 e. The van der Waals surface area contributed by atoms with Crippen molar-refractivity contribution in [2.45, 2.75) is 53.6 Å². The van der Waals surface area contributed by atoms with E-state index in [4.69, 9.17) is 19.6 Å². The van der Waals surface area contributed by atoms with Crippen LogP contribution in [-0.4, -0.2) is 47.6 Å². The van der Waals surface area contributed by atoms with E-state index >= 15 is 0 Å². The maximum atomic E-state index is 8.46. The second-order valence-electron chi connectivity index (χ2n) is 8.85. The molecule has 9 heteroatoms. The standard InChI is InChI=1S/C27H34N6O3/c1-6-18-13-29-14-20-25(18)35-11-9-17(5)36-21-12-23(32-22-8-10-30-27(20)33-22)31-15-19(21)24(16(3)4)26(28)34-7-2/h8,12-15,17,28H,6-7,9-11H2,1-5H3,(H,30,33)(H,31,32)/t17-/m0/s1. The molecule has 4 heterocycles. The third-order valence-electron chi connectivity index (χ3n) is 5.92. The molecule has 0 saturated heterocycles. The van der Waals surface area contributed by atoms with Crippen molar-refractivity contribution in [1.82, 2.24) is 15.3 Å². The highest BCUT2D eigenvalue weighted by Gasteiger charge is 2.22. The van der Waals surface area contributed by atoms with Crippen LogP contribution in [0.1, 0.15) is 57.7 Å². The van der Waals surface area contributed by atoms with Gasteiger partial charge in [-0.15, -0.1) is 0 Å². The number of nitrogens with one attached hydrogen (secondary N) is 3. The Balaban J connectivity index is 1.74. The molecule has 0 spiro atoms. The first-order valence-corrected chi connectivity index (χ1v) is 12.4. The molecule has 0 amide bonds. The van der Waals surface area contributed by atoms with Crippen LogP contribution in [0.4, 0.5) is 5.82 Å². The van der Waals surface area contributed by atoms with Gasteiger partial charge in [-0.25, -0.2) is 4.98 Å². The Labute approximate surface area is 212 Å². The van der Waals surface area contributed by atoms with Crippen molar-refractivity contribution in [3.8, 4) is 11.5 Å². The van der Waals surface area contributed by atoms with Crippen LogP contribution in [0.5, 0.6) is 11.5 Å². The number of aromatic nitrogens is 2. The second kappa shape index (κ2) is 11.2. The monoisotopic (exact) mass is 490 g/mol. The van der Waals surface area contributed by atoms with E-state index < -0.39 is 0 Å². The molecule has 0 unspecified atom stereocenters. The van der Waals surface area contributed by atoms with Gasteiger partial charge in [-0.1, -0.05) is 12.5 Å².